The fourth-order valence-corrected chi connectivity index (χ4v) is 8.29. The van der Waals surface area contributed by atoms with Crippen LogP contribution in [0.1, 0.15) is 27.8 Å². The highest BCUT2D eigenvalue weighted by molar-refractivity contribution is 5.98. The zero-order chi connectivity index (χ0) is 33.9. The van der Waals surface area contributed by atoms with Crippen LogP contribution in [0.25, 0.3) is 67.3 Å². The van der Waals surface area contributed by atoms with E-state index in [0.717, 1.165) is 28.1 Å². The number of nitriles is 1. The molecule has 6 aromatic carbocycles. The van der Waals surface area contributed by atoms with Crippen molar-refractivity contribution in [2.75, 3.05) is 0 Å². The molecule has 2 aliphatic carbocycles. The van der Waals surface area contributed by atoms with Crippen molar-refractivity contribution in [3.8, 4) is 73.4 Å². The van der Waals surface area contributed by atoms with Gasteiger partial charge in [-0.05, 0) is 92.0 Å². The standard InChI is InChI=1S/C47H28N4/c48-28-30-19-21-31(22-20-30)44-27-45(51-46(50-44)33-10-9-25-49-29-33)32-23-24-43-39(26-32)35-12-2-1-11-34(35)36-13-3-6-16-40(36)47(43)41-17-7-4-14-37(41)38-15-5-8-18-42(38)47/h1-27,29H. The summed E-state index contributed by atoms with van der Waals surface area (Å²) in [5.41, 5.74) is 16.9. The first-order valence-corrected chi connectivity index (χ1v) is 17.1. The zero-order valence-electron chi connectivity index (χ0n) is 27.5. The maximum atomic E-state index is 9.43. The minimum absolute atomic E-state index is 0.531. The maximum Gasteiger partial charge on any atom is 0.161 e. The largest absolute Gasteiger partial charge is 0.264 e. The normalized spacial score (nSPS) is 12.8. The summed E-state index contributed by atoms with van der Waals surface area (Å²) in [5, 5.41) is 9.43. The predicted molar refractivity (Wildman–Crippen MR) is 203 cm³/mol. The maximum absolute atomic E-state index is 9.43. The second kappa shape index (κ2) is 11.3. The van der Waals surface area contributed by atoms with Gasteiger partial charge in [-0.25, -0.2) is 9.97 Å². The summed E-state index contributed by atoms with van der Waals surface area (Å²) in [7, 11) is 0. The molecule has 0 amide bonds. The Hall–Kier alpha value is -6.96. The second-order valence-electron chi connectivity index (χ2n) is 13.1. The molecule has 0 unspecified atom stereocenters. The highest BCUT2D eigenvalue weighted by Crippen LogP contribution is 2.61. The zero-order valence-corrected chi connectivity index (χ0v) is 27.5. The van der Waals surface area contributed by atoms with Crippen LogP contribution in [-0.2, 0) is 5.41 Å². The molecular formula is C47H28N4. The molecule has 2 heterocycles. The topological polar surface area (TPSA) is 62.5 Å². The number of fused-ring (bicyclic) bond motifs is 12. The number of benzene rings is 6. The fraction of sp³-hybridized carbons (Fsp3) is 0.0213. The van der Waals surface area contributed by atoms with Gasteiger partial charge in [0.1, 0.15) is 0 Å². The van der Waals surface area contributed by atoms with Gasteiger partial charge in [0.15, 0.2) is 5.82 Å². The van der Waals surface area contributed by atoms with E-state index in [4.69, 9.17) is 9.97 Å². The summed E-state index contributed by atoms with van der Waals surface area (Å²) in [6.45, 7) is 0. The Balaban J connectivity index is 1.28. The molecule has 4 nitrogen and oxygen atoms in total. The summed E-state index contributed by atoms with van der Waals surface area (Å²) < 4.78 is 0. The van der Waals surface area contributed by atoms with Crippen molar-refractivity contribution in [3.05, 3.63) is 198 Å². The molecule has 236 valence electrons. The van der Waals surface area contributed by atoms with Crippen LogP contribution in [-0.4, -0.2) is 15.0 Å². The monoisotopic (exact) mass is 648 g/mol. The Morgan fingerprint density at radius 2 is 0.941 bits per heavy atom. The third-order valence-electron chi connectivity index (χ3n) is 10.5. The summed E-state index contributed by atoms with van der Waals surface area (Å²) in [4.78, 5) is 14.5. The fourth-order valence-electron chi connectivity index (χ4n) is 8.29. The van der Waals surface area contributed by atoms with Crippen molar-refractivity contribution >= 4 is 0 Å². The van der Waals surface area contributed by atoms with Crippen molar-refractivity contribution in [2.45, 2.75) is 5.41 Å². The van der Waals surface area contributed by atoms with E-state index >= 15 is 0 Å². The van der Waals surface area contributed by atoms with Gasteiger partial charge in [-0.15, -0.1) is 0 Å². The van der Waals surface area contributed by atoms with Gasteiger partial charge >= 0.3 is 0 Å². The highest BCUT2D eigenvalue weighted by atomic mass is 14.9. The first kappa shape index (κ1) is 29.0. The van der Waals surface area contributed by atoms with E-state index in [-0.39, 0.29) is 0 Å². The molecule has 0 bridgehead atoms. The molecule has 0 saturated carbocycles. The second-order valence-corrected chi connectivity index (χ2v) is 13.1. The molecule has 0 radical (unpaired) electrons. The van der Waals surface area contributed by atoms with Gasteiger partial charge in [0, 0.05) is 29.1 Å². The number of aromatic nitrogens is 3. The van der Waals surface area contributed by atoms with Crippen LogP contribution < -0.4 is 0 Å². The van der Waals surface area contributed by atoms with Gasteiger partial charge < -0.3 is 0 Å². The molecule has 51 heavy (non-hydrogen) atoms. The minimum Gasteiger partial charge on any atom is -0.264 e. The van der Waals surface area contributed by atoms with Gasteiger partial charge in [-0.3, -0.25) is 4.98 Å². The Morgan fingerprint density at radius 3 is 1.53 bits per heavy atom. The van der Waals surface area contributed by atoms with Crippen LogP contribution >= 0.6 is 0 Å². The Morgan fingerprint density at radius 1 is 0.431 bits per heavy atom. The molecule has 0 saturated heterocycles. The smallest absolute Gasteiger partial charge is 0.161 e. The van der Waals surface area contributed by atoms with E-state index in [1.165, 1.54) is 55.6 Å². The molecule has 0 atom stereocenters. The van der Waals surface area contributed by atoms with Gasteiger partial charge in [0.2, 0.25) is 0 Å². The third kappa shape index (κ3) is 4.29. The molecule has 1 spiro atoms. The highest BCUT2D eigenvalue weighted by Gasteiger charge is 2.49. The van der Waals surface area contributed by atoms with Gasteiger partial charge in [0.25, 0.3) is 0 Å². The SMILES string of the molecule is N#Cc1ccc(-c2cc(-c3ccc4c(c3)-c3ccccc3-c3ccccc3C43c4ccccc4-c4ccccc43)nc(-c3cccnc3)n2)cc1. The van der Waals surface area contributed by atoms with Gasteiger partial charge in [-0.2, -0.15) is 5.26 Å². The van der Waals surface area contributed by atoms with Crippen LogP contribution in [0.2, 0.25) is 0 Å². The average Bonchev–Trinajstić information content (AvgIpc) is 3.46. The molecule has 0 aliphatic heterocycles. The number of pyridine rings is 1. The van der Waals surface area contributed by atoms with E-state index < -0.39 is 5.41 Å². The lowest BCUT2D eigenvalue weighted by molar-refractivity contribution is 0.775. The van der Waals surface area contributed by atoms with Crippen LogP contribution in [0, 0.1) is 11.3 Å². The lowest BCUT2D eigenvalue weighted by Crippen LogP contribution is -2.29. The molecule has 2 aromatic heterocycles. The molecular weight excluding hydrogens is 621 g/mol. The van der Waals surface area contributed by atoms with Crippen molar-refractivity contribution in [2.24, 2.45) is 0 Å². The van der Waals surface area contributed by atoms with Crippen molar-refractivity contribution < 1.29 is 0 Å². The van der Waals surface area contributed by atoms with E-state index in [9.17, 15) is 5.26 Å². The van der Waals surface area contributed by atoms with Crippen molar-refractivity contribution in [3.63, 3.8) is 0 Å². The van der Waals surface area contributed by atoms with Crippen molar-refractivity contribution in [1.82, 2.24) is 15.0 Å². The number of nitrogens with zero attached hydrogens (tertiary/aromatic N) is 4. The Bertz CT molecular complexity index is 2660. The third-order valence-corrected chi connectivity index (χ3v) is 10.5. The lowest BCUT2D eigenvalue weighted by atomic mass is 9.66. The van der Waals surface area contributed by atoms with E-state index in [1.54, 1.807) is 12.4 Å². The quantitative estimate of drug-likeness (QED) is 0.191. The van der Waals surface area contributed by atoms with Crippen LogP contribution in [0.4, 0.5) is 0 Å². The number of hydrogen-bond acceptors (Lipinski definition) is 4. The average molecular weight is 649 g/mol. The van der Waals surface area contributed by atoms with E-state index in [1.807, 2.05) is 36.4 Å². The summed E-state index contributed by atoms with van der Waals surface area (Å²) >= 11 is 0. The predicted octanol–water partition coefficient (Wildman–Crippen LogP) is 10.8. The Labute approximate surface area is 296 Å². The van der Waals surface area contributed by atoms with Crippen molar-refractivity contribution in [1.29, 1.82) is 5.26 Å². The van der Waals surface area contributed by atoms with Gasteiger partial charge in [-0.1, -0.05) is 121 Å². The number of rotatable bonds is 3. The minimum atomic E-state index is -0.531. The Kier molecular flexibility index (Phi) is 6.43. The first-order chi connectivity index (χ1) is 25.2. The molecule has 4 heteroatoms. The molecule has 2 aliphatic rings. The summed E-state index contributed by atoms with van der Waals surface area (Å²) in [6.07, 6.45) is 3.55. The molecule has 0 N–H and O–H groups in total. The molecule has 10 rings (SSSR count). The number of hydrogen-bond donors (Lipinski definition) is 0. The van der Waals surface area contributed by atoms with Crippen LogP contribution in [0.15, 0.2) is 170 Å². The molecule has 0 fully saturated rings. The van der Waals surface area contributed by atoms with E-state index in [2.05, 4.69) is 132 Å². The molecule has 8 aromatic rings. The summed E-state index contributed by atoms with van der Waals surface area (Å²) in [6, 6.07) is 58.1. The summed E-state index contributed by atoms with van der Waals surface area (Å²) in [5.74, 6) is 0.595. The van der Waals surface area contributed by atoms with Gasteiger partial charge in [0.05, 0.1) is 28.4 Å². The first-order valence-electron chi connectivity index (χ1n) is 17.1. The van der Waals surface area contributed by atoms with Crippen LogP contribution in [0.3, 0.4) is 0 Å². The van der Waals surface area contributed by atoms with E-state index in [0.29, 0.717) is 11.4 Å². The van der Waals surface area contributed by atoms with Crippen LogP contribution in [0.5, 0.6) is 0 Å². The lowest BCUT2D eigenvalue weighted by Gasteiger charge is -2.35.